The van der Waals surface area contributed by atoms with Crippen LogP contribution in [0.1, 0.15) is 25.0 Å². The maximum atomic E-state index is 11.6. The fourth-order valence-corrected chi connectivity index (χ4v) is 1.76. The van der Waals surface area contributed by atoms with E-state index in [-0.39, 0.29) is 11.7 Å². The van der Waals surface area contributed by atoms with Gasteiger partial charge >= 0.3 is 0 Å². The van der Waals surface area contributed by atoms with E-state index < -0.39 is 0 Å². The van der Waals surface area contributed by atoms with E-state index in [1.165, 1.54) is 5.56 Å². The smallest absolute Gasteiger partial charge is 0.139 e. The number of benzene rings is 1. The van der Waals surface area contributed by atoms with Crippen LogP contribution in [-0.4, -0.2) is 15.6 Å². The average molecular weight is 242 g/mol. The SMILES string of the molecule is CC(C)C(=O)Cc1cnn(Cc2ccccc2)c1. The molecule has 3 heteroatoms. The van der Waals surface area contributed by atoms with Gasteiger partial charge in [0.1, 0.15) is 5.78 Å². The minimum Gasteiger partial charge on any atom is -0.299 e. The van der Waals surface area contributed by atoms with Crippen molar-refractivity contribution in [3.8, 4) is 0 Å². The summed E-state index contributed by atoms with van der Waals surface area (Å²) < 4.78 is 1.87. The molecule has 1 heterocycles. The molecule has 0 aliphatic heterocycles. The van der Waals surface area contributed by atoms with Crippen molar-refractivity contribution in [2.45, 2.75) is 26.8 Å². The molecule has 0 unspecified atom stereocenters. The molecular formula is C15H18N2O. The third-order valence-corrected chi connectivity index (χ3v) is 2.90. The number of carbonyl (C=O) groups is 1. The topological polar surface area (TPSA) is 34.9 Å². The number of hydrogen-bond acceptors (Lipinski definition) is 2. The zero-order valence-corrected chi connectivity index (χ0v) is 10.8. The number of ketones is 1. The van der Waals surface area contributed by atoms with E-state index in [1.54, 1.807) is 6.20 Å². The van der Waals surface area contributed by atoms with Crippen LogP contribution in [0.4, 0.5) is 0 Å². The molecule has 0 N–H and O–H groups in total. The second-order valence-electron chi connectivity index (χ2n) is 4.83. The quantitative estimate of drug-likeness (QED) is 0.808. The summed E-state index contributed by atoms with van der Waals surface area (Å²) in [5.41, 5.74) is 2.20. The fraction of sp³-hybridized carbons (Fsp3) is 0.333. The van der Waals surface area contributed by atoms with Crippen molar-refractivity contribution in [1.82, 2.24) is 9.78 Å². The van der Waals surface area contributed by atoms with E-state index in [9.17, 15) is 4.79 Å². The van der Waals surface area contributed by atoms with E-state index in [4.69, 9.17) is 0 Å². The van der Waals surface area contributed by atoms with Gasteiger partial charge in [0.25, 0.3) is 0 Å². The van der Waals surface area contributed by atoms with Crippen LogP contribution in [-0.2, 0) is 17.8 Å². The van der Waals surface area contributed by atoms with Crippen molar-refractivity contribution in [2.75, 3.05) is 0 Å². The zero-order valence-electron chi connectivity index (χ0n) is 10.8. The lowest BCUT2D eigenvalue weighted by atomic mass is 10.0. The zero-order chi connectivity index (χ0) is 13.0. The van der Waals surface area contributed by atoms with Crippen molar-refractivity contribution >= 4 is 5.78 Å². The summed E-state index contributed by atoms with van der Waals surface area (Å²) in [6.45, 7) is 4.60. The van der Waals surface area contributed by atoms with Gasteiger partial charge in [-0.3, -0.25) is 9.48 Å². The Bertz CT molecular complexity index is 514. The monoisotopic (exact) mass is 242 g/mol. The van der Waals surface area contributed by atoms with Crippen LogP contribution in [0.15, 0.2) is 42.7 Å². The Morgan fingerprint density at radius 3 is 2.61 bits per heavy atom. The first-order valence-electron chi connectivity index (χ1n) is 6.23. The third kappa shape index (κ3) is 3.29. The lowest BCUT2D eigenvalue weighted by molar-refractivity contribution is -0.121. The molecule has 2 rings (SSSR count). The molecule has 1 aromatic carbocycles. The van der Waals surface area contributed by atoms with Crippen molar-refractivity contribution in [3.63, 3.8) is 0 Å². The molecule has 0 radical (unpaired) electrons. The summed E-state index contributed by atoms with van der Waals surface area (Å²) in [6.07, 6.45) is 4.21. The van der Waals surface area contributed by atoms with Gasteiger partial charge in [0, 0.05) is 18.5 Å². The molecule has 2 aromatic rings. The summed E-state index contributed by atoms with van der Waals surface area (Å²) in [7, 11) is 0. The van der Waals surface area contributed by atoms with E-state index in [1.807, 2.05) is 42.9 Å². The second-order valence-corrected chi connectivity index (χ2v) is 4.83. The molecular weight excluding hydrogens is 224 g/mol. The van der Waals surface area contributed by atoms with Gasteiger partial charge in [-0.2, -0.15) is 5.10 Å². The molecule has 0 aliphatic rings. The van der Waals surface area contributed by atoms with E-state index in [0.29, 0.717) is 6.42 Å². The molecule has 0 saturated carbocycles. The molecule has 0 amide bonds. The number of aromatic nitrogens is 2. The second kappa shape index (κ2) is 5.63. The molecule has 3 nitrogen and oxygen atoms in total. The van der Waals surface area contributed by atoms with Crippen LogP contribution in [0.25, 0.3) is 0 Å². The van der Waals surface area contributed by atoms with Crippen LogP contribution in [0.2, 0.25) is 0 Å². The Balaban J connectivity index is 2.00. The van der Waals surface area contributed by atoms with Gasteiger partial charge in [0.15, 0.2) is 0 Å². The highest BCUT2D eigenvalue weighted by molar-refractivity contribution is 5.82. The first-order chi connectivity index (χ1) is 8.65. The maximum absolute atomic E-state index is 11.6. The number of hydrogen-bond donors (Lipinski definition) is 0. The molecule has 0 spiro atoms. The lowest BCUT2D eigenvalue weighted by Crippen LogP contribution is -2.09. The first-order valence-corrected chi connectivity index (χ1v) is 6.23. The van der Waals surface area contributed by atoms with Gasteiger partial charge in [-0.15, -0.1) is 0 Å². The third-order valence-electron chi connectivity index (χ3n) is 2.90. The minimum absolute atomic E-state index is 0.0856. The number of Topliss-reactive ketones (excluding diaryl/α,β-unsaturated/α-hetero) is 1. The fourth-order valence-electron chi connectivity index (χ4n) is 1.76. The molecule has 18 heavy (non-hydrogen) atoms. The molecule has 94 valence electrons. The van der Waals surface area contributed by atoms with Crippen molar-refractivity contribution < 1.29 is 4.79 Å². The van der Waals surface area contributed by atoms with Crippen LogP contribution >= 0.6 is 0 Å². The number of nitrogens with zero attached hydrogens (tertiary/aromatic N) is 2. The summed E-state index contributed by atoms with van der Waals surface area (Å²) >= 11 is 0. The average Bonchev–Trinajstić information content (AvgIpc) is 2.77. The predicted octanol–water partition coefficient (Wildman–Crippen LogP) is 2.70. The highest BCUT2D eigenvalue weighted by atomic mass is 16.1. The Labute approximate surface area is 107 Å². The highest BCUT2D eigenvalue weighted by Gasteiger charge is 2.09. The van der Waals surface area contributed by atoms with Crippen molar-refractivity contribution in [2.24, 2.45) is 5.92 Å². The molecule has 0 fully saturated rings. The van der Waals surface area contributed by atoms with Crippen LogP contribution in [0.5, 0.6) is 0 Å². The molecule has 0 aliphatic carbocycles. The Kier molecular flexibility index (Phi) is 3.92. The van der Waals surface area contributed by atoms with Gasteiger partial charge in [0.05, 0.1) is 12.7 Å². The van der Waals surface area contributed by atoms with Crippen LogP contribution < -0.4 is 0 Å². The van der Waals surface area contributed by atoms with Gasteiger partial charge in [-0.05, 0) is 11.1 Å². The Hall–Kier alpha value is -1.90. The maximum Gasteiger partial charge on any atom is 0.139 e. The lowest BCUT2D eigenvalue weighted by Gasteiger charge is -2.02. The highest BCUT2D eigenvalue weighted by Crippen LogP contribution is 2.07. The predicted molar refractivity (Wildman–Crippen MR) is 71.3 cm³/mol. The van der Waals surface area contributed by atoms with E-state index in [0.717, 1.165) is 12.1 Å². The van der Waals surface area contributed by atoms with Crippen molar-refractivity contribution in [3.05, 3.63) is 53.9 Å². The normalized spacial score (nSPS) is 10.8. The number of rotatable bonds is 5. The minimum atomic E-state index is 0.0856. The summed E-state index contributed by atoms with van der Waals surface area (Å²) in [5, 5.41) is 4.29. The standard InChI is InChI=1S/C15H18N2O/c1-12(2)15(18)8-14-9-16-17(11-14)10-13-6-4-3-5-7-13/h3-7,9,11-12H,8,10H2,1-2H3. The van der Waals surface area contributed by atoms with Crippen LogP contribution in [0.3, 0.4) is 0 Å². The van der Waals surface area contributed by atoms with E-state index >= 15 is 0 Å². The molecule has 0 saturated heterocycles. The van der Waals surface area contributed by atoms with Gasteiger partial charge in [0.2, 0.25) is 0 Å². The Morgan fingerprint density at radius 2 is 1.94 bits per heavy atom. The first kappa shape index (κ1) is 12.6. The summed E-state index contributed by atoms with van der Waals surface area (Å²) in [5.74, 6) is 0.344. The van der Waals surface area contributed by atoms with Crippen molar-refractivity contribution in [1.29, 1.82) is 0 Å². The largest absolute Gasteiger partial charge is 0.299 e. The molecule has 0 atom stereocenters. The molecule has 1 aromatic heterocycles. The molecule has 0 bridgehead atoms. The van der Waals surface area contributed by atoms with Gasteiger partial charge in [-0.1, -0.05) is 44.2 Å². The summed E-state index contributed by atoms with van der Waals surface area (Å²) in [4.78, 5) is 11.6. The number of carbonyl (C=O) groups excluding carboxylic acids is 1. The van der Waals surface area contributed by atoms with Gasteiger partial charge < -0.3 is 0 Å². The van der Waals surface area contributed by atoms with Crippen LogP contribution in [0, 0.1) is 5.92 Å². The van der Waals surface area contributed by atoms with Gasteiger partial charge in [-0.25, -0.2) is 0 Å². The van der Waals surface area contributed by atoms with E-state index in [2.05, 4.69) is 17.2 Å². The summed E-state index contributed by atoms with van der Waals surface area (Å²) in [6, 6.07) is 10.2. The Morgan fingerprint density at radius 1 is 1.22 bits per heavy atom.